The Balaban J connectivity index is 2.17. The standard InChI is InChI=1S/C16H25NO2S2/c1-3-11-21(18,19)16-10-5-4-9-15(16)17-13-7-6-8-14(12-13)20-2/h4-5,9-10,13-14,17H,3,6-8,11-12H2,1-2H3. The smallest absolute Gasteiger partial charge is 0.180 e. The molecule has 1 saturated carbocycles. The van der Waals surface area contributed by atoms with Gasteiger partial charge in [0, 0.05) is 11.3 Å². The molecule has 0 bridgehead atoms. The molecular weight excluding hydrogens is 302 g/mol. The van der Waals surface area contributed by atoms with Crippen LogP contribution in [0.4, 0.5) is 5.69 Å². The largest absolute Gasteiger partial charge is 0.381 e. The van der Waals surface area contributed by atoms with Crippen LogP contribution in [0.1, 0.15) is 39.0 Å². The molecule has 2 rings (SSSR count). The van der Waals surface area contributed by atoms with Crippen molar-refractivity contribution >= 4 is 27.3 Å². The van der Waals surface area contributed by atoms with Gasteiger partial charge in [0.05, 0.1) is 16.3 Å². The quantitative estimate of drug-likeness (QED) is 0.859. The molecule has 0 aliphatic heterocycles. The van der Waals surface area contributed by atoms with Gasteiger partial charge in [-0.3, -0.25) is 0 Å². The molecule has 1 aliphatic rings. The highest BCUT2D eigenvalue weighted by Gasteiger charge is 2.23. The van der Waals surface area contributed by atoms with E-state index in [1.165, 1.54) is 12.8 Å². The van der Waals surface area contributed by atoms with Crippen LogP contribution >= 0.6 is 11.8 Å². The van der Waals surface area contributed by atoms with Gasteiger partial charge in [-0.1, -0.05) is 25.5 Å². The highest BCUT2D eigenvalue weighted by atomic mass is 32.2. The van der Waals surface area contributed by atoms with Gasteiger partial charge in [-0.25, -0.2) is 8.42 Å². The van der Waals surface area contributed by atoms with Crippen molar-refractivity contribution in [2.24, 2.45) is 0 Å². The van der Waals surface area contributed by atoms with Crippen molar-refractivity contribution in [3.05, 3.63) is 24.3 Å². The Labute approximate surface area is 132 Å². The second-order valence-electron chi connectivity index (χ2n) is 5.68. The number of hydrogen-bond acceptors (Lipinski definition) is 4. The minimum atomic E-state index is -3.18. The Morgan fingerprint density at radius 2 is 2.05 bits per heavy atom. The lowest BCUT2D eigenvalue weighted by Gasteiger charge is -2.30. The van der Waals surface area contributed by atoms with Gasteiger partial charge in [-0.15, -0.1) is 0 Å². The average Bonchev–Trinajstić information content (AvgIpc) is 2.48. The second-order valence-corrected chi connectivity index (χ2v) is 8.90. The van der Waals surface area contributed by atoms with E-state index in [2.05, 4.69) is 11.6 Å². The third-order valence-electron chi connectivity index (χ3n) is 4.01. The third-order valence-corrected chi connectivity index (χ3v) is 7.08. The summed E-state index contributed by atoms with van der Waals surface area (Å²) < 4.78 is 24.7. The summed E-state index contributed by atoms with van der Waals surface area (Å²) in [5.74, 6) is 0.212. The fraction of sp³-hybridized carbons (Fsp3) is 0.625. The van der Waals surface area contributed by atoms with Gasteiger partial charge in [0.2, 0.25) is 0 Å². The number of benzene rings is 1. The summed E-state index contributed by atoms with van der Waals surface area (Å²) >= 11 is 1.92. The zero-order valence-corrected chi connectivity index (χ0v) is 14.5. The van der Waals surface area contributed by atoms with Crippen LogP contribution in [-0.2, 0) is 9.84 Å². The number of sulfone groups is 1. The van der Waals surface area contributed by atoms with Gasteiger partial charge >= 0.3 is 0 Å². The Morgan fingerprint density at radius 1 is 1.29 bits per heavy atom. The summed E-state index contributed by atoms with van der Waals surface area (Å²) in [5, 5.41) is 4.18. The average molecular weight is 328 g/mol. The molecule has 0 heterocycles. The second kappa shape index (κ2) is 7.54. The van der Waals surface area contributed by atoms with Gasteiger partial charge in [0.1, 0.15) is 0 Å². The number of hydrogen-bond donors (Lipinski definition) is 1. The third kappa shape index (κ3) is 4.39. The summed E-state index contributed by atoms with van der Waals surface area (Å²) in [4.78, 5) is 0.457. The van der Waals surface area contributed by atoms with E-state index < -0.39 is 9.84 Å². The molecule has 1 aromatic rings. The summed E-state index contributed by atoms with van der Waals surface area (Å²) in [6, 6.07) is 7.71. The molecule has 2 unspecified atom stereocenters. The van der Waals surface area contributed by atoms with Crippen LogP contribution in [0.2, 0.25) is 0 Å². The van der Waals surface area contributed by atoms with Crippen molar-refractivity contribution in [3.8, 4) is 0 Å². The van der Waals surface area contributed by atoms with Gasteiger partial charge in [-0.05, 0) is 44.1 Å². The number of rotatable bonds is 6. The number of nitrogens with one attached hydrogen (secondary N) is 1. The van der Waals surface area contributed by atoms with E-state index in [4.69, 9.17) is 0 Å². The van der Waals surface area contributed by atoms with Crippen molar-refractivity contribution in [1.82, 2.24) is 0 Å². The van der Waals surface area contributed by atoms with Crippen molar-refractivity contribution in [2.45, 2.75) is 55.2 Å². The number of anilines is 1. The van der Waals surface area contributed by atoms with Crippen molar-refractivity contribution < 1.29 is 8.42 Å². The van der Waals surface area contributed by atoms with Crippen molar-refractivity contribution in [2.75, 3.05) is 17.3 Å². The molecule has 5 heteroatoms. The summed E-state index contributed by atoms with van der Waals surface area (Å²) in [6.45, 7) is 1.90. The molecule has 0 saturated heterocycles. The van der Waals surface area contributed by atoms with Gasteiger partial charge in [-0.2, -0.15) is 11.8 Å². The minimum Gasteiger partial charge on any atom is -0.381 e. The number of para-hydroxylation sites is 1. The van der Waals surface area contributed by atoms with E-state index in [9.17, 15) is 8.42 Å². The predicted octanol–water partition coefficient (Wildman–Crippen LogP) is 3.96. The van der Waals surface area contributed by atoms with Gasteiger partial charge in [0.25, 0.3) is 0 Å². The minimum absolute atomic E-state index is 0.212. The highest BCUT2D eigenvalue weighted by molar-refractivity contribution is 7.99. The van der Waals surface area contributed by atoms with Crippen molar-refractivity contribution in [3.63, 3.8) is 0 Å². The molecule has 0 amide bonds. The topological polar surface area (TPSA) is 46.2 Å². The first-order valence-electron chi connectivity index (χ1n) is 7.68. The Bertz CT molecular complexity index is 557. The van der Waals surface area contributed by atoms with Crippen LogP contribution < -0.4 is 5.32 Å². The first kappa shape index (κ1) is 16.7. The lowest BCUT2D eigenvalue weighted by Crippen LogP contribution is -2.29. The Morgan fingerprint density at radius 3 is 2.76 bits per heavy atom. The van der Waals surface area contributed by atoms with Gasteiger partial charge < -0.3 is 5.32 Å². The van der Waals surface area contributed by atoms with E-state index in [1.54, 1.807) is 12.1 Å². The summed E-state index contributed by atoms with van der Waals surface area (Å²) in [6.07, 6.45) is 7.53. The first-order chi connectivity index (χ1) is 10.1. The van der Waals surface area contributed by atoms with Crippen LogP contribution in [-0.4, -0.2) is 31.7 Å². The van der Waals surface area contributed by atoms with Crippen LogP contribution in [0, 0.1) is 0 Å². The molecule has 1 aromatic carbocycles. The first-order valence-corrected chi connectivity index (χ1v) is 10.6. The zero-order valence-electron chi connectivity index (χ0n) is 12.8. The summed E-state index contributed by atoms with van der Waals surface area (Å²) in [5.41, 5.74) is 0.776. The normalized spacial score (nSPS) is 23.0. The summed E-state index contributed by atoms with van der Waals surface area (Å²) in [7, 11) is -3.18. The maximum atomic E-state index is 12.4. The zero-order chi connectivity index (χ0) is 15.3. The molecule has 0 radical (unpaired) electrons. The maximum Gasteiger partial charge on any atom is 0.180 e. The van der Waals surface area contributed by atoms with Crippen molar-refractivity contribution in [1.29, 1.82) is 0 Å². The molecule has 1 fully saturated rings. The monoisotopic (exact) mass is 327 g/mol. The van der Waals surface area contributed by atoms with Crippen LogP contribution in [0.5, 0.6) is 0 Å². The van der Waals surface area contributed by atoms with E-state index in [1.807, 2.05) is 30.8 Å². The molecule has 3 nitrogen and oxygen atoms in total. The van der Waals surface area contributed by atoms with Gasteiger partial charge in [0.15, 0.2) is 9.84 Å². The fourth-order valence-corrected chi connectivity index (χ4v) is 5.28. The molecule has 1 aliphatic carbocycles. The van der Waals surface area contributed by atoms with E-state index in [0.29, 0.717) is 22.6 Å². The molecule has 2 atom stereocenters. The van der Waals surface area contributed by atoms with Crippen LogP contribution in [0.3, 0.4) is 0 Å². The molecule has 118 valence electrons. The lowest BCUT2D eigenvalue weighted by molar-refractivity contribution is 0.473. The Kier molecular flexibility index (Phi) is 5.99. The van der Waals surface area contributed by atoms with E-state index in [0.717, 1.165) is 18.5 Å². The lowest BCUT2D eigenvalue weighted by atomic mass is 9.95. The molecule has 0 aromatic heterocycles. The fourth-order valence-electron chi connectivity index (χ4n) is 2.95. The Hall–Kier alpha value is -0.680. The molecule has 21 heavy (non-hydrogen) atoms. The van der Waals surface area contributed by atoms with Crippen LogP contribution in [0.25, 0.3) is 0 Å². The highest BCUT2D eigenvalue weighted by Crippen LogP contribution is 2.31. The molecule has 1 N–H and O–H groups in total. The number of thioether (sulfide) groups is 1. The maximum absolute atomic E-state index is 12.4. The SMILES string of the molecule is CCCS(=O)(=O)c1ccccc1NC1CCCC(SC)C1. The molecule has 0 spiro atoms. The predicted molar refractivity (Wildman–Crippen MR) is 92.0 cm³/mol. The van der Waals surface area contributed by atoms with E-state index in [-0.39, 0.29) is 5.75 Å². The van der Waals surface area contributed by atoms with E-state index >= 15 is 0 Å². The van der Waals surface area contributed by atoms with Crippen LogP contribution in [0.15, 0.2) is 29.2 Å². The molecular formula is C16H25NO2S2.